The molecule has 8 nitrogen and oxygen atoms in total. The van der Waals surface area contributed by atoms with Gasteiger partial charge in [-0.1, -0.05) is 146 Å². The molecule has 14 heteroatoms. The van der Waals surface area contributed by atoms with Crippen LogP contribution in [0.5, 0.6) is 0 Å². The van der Waals surface area contributed by atoms with E-state index in [4.69, 9.17) is 20.1 Å². The zero-order valence-corrected chi connectivity index (χ0v) is 42.6. The van der Waals surface area contributed by atoms with E-state index in [2.05, 4.69) is 231 Å². The molecule has 0 saturated carbocycles. The number of nitrogens with zero attached hydrogens (tertiary/aromatic N) is 1. The smallest absolute Gasteiger partial charge is 0.0184 e. The molecule has 0 aliphatic heterocycles. The van der Waals surface area contributed by atoms with E-state index in [-0.39, 0.29) is 24.0 Å². The van der Waals surface area contributed by atoms with Crippen molar-refractivity contribution in [1.29, 1.82) is 0 Å². The quantitative estimate of drug-likeness (QED) is 0.0487. The number of rotatable bonds is 1. The number of aliphatic hydroxyl groups excluding tert-OH is 3. The Morgan fingerprint density at radius 2 is 0.692 bits per heavy atom. The van der Waals surface area contributed by atoms with Gasteiger partial charge < -0.3 is 25.8 Å². The van der Waals surface area contributed by atoms with Crippen LogP contribution in [0.1, 0.15) is 13.8 Å². The number of benzene rings is 6. The molecular formula is C38H48I6N3O5-. The largest absolute Gasteiger partial charge is 0.0616 e. The van der Waals surface area contributed by atoms with Gasteiger partial charge in [0, 0.05) is 64.8 Å². The minimum Gasteiger partial charge on any atom is -0.0616 e. The number of hydrazone groups is 1. The van der Waals surface area contributed by atoms with Crippen LogP contribution in [0, 0.1) is 0 Å². The third kappa shape index (κ3) is 34.7. The number of halogens is 6. The van der Waals surface area contributed by atoms with Crippen molar-refractivity contribution in [3.8, 4) is 0 Å². The summed E-state index contributed by atoms with van der Waals surface area (Å²) in [6.07, 6.45) is 2.19. The average Bonchev–Trinajstić information content (AvgIpc) is 3.21. The van der Waals surface area contributed by atoms with Crippen molar-refractivity contribution >= 4 is 149 Å². The summed E-state index contributed by atoms with van der Waals surface area (Å²) in [6.45, 7) is 3.12. The van der Waals surface area contributed by atoms with Crippen LogP contribution >= 0.6 is 98.4 Å². The number of nitrogens with two attached hydrogens (primary N) is 1. The summed E-state index contributed by atoms with van der Waals surface area (Å²) in [7, 11) is 3.00. The monoisotopic (exact) mass is 1390 g/mol. The number of aldehydes is 1. The maximum Gasteiger partial charge on any atom is -0.0184 e. The van der Waals surface area contributed by atoms with E-state index in [1.54, 1.807) is 6.92 Å². The van der Waals surface area contributed by atoms with Crippen LogP contribution in [0.25, 0.3) is 32.3 Å². The van der Waals surface area contributed by atoms with E-state index >= 15 is 0 Å². The van der Waals surface area contributed by atoms with Gasteiger partial charge in [0.2, 0.25) is 0 Å². The van der Waals surface area contributed by atoms with Gasteiger partial charge >= 0.3 is 56.5 Å². The van der Waals surface area contributed by atoms with E-state index in [1.807, 2.05) is 5.43 Å². The molecule has 6 aromatic carbocycles. The zero-order valence-electron chi connectivity index (χ0n) is 29.5. The van der Waals surface area contributed by atoms with Gasteiger partial charge in [0.15, 0.2) is 0 Å². The molecule has 0 spiro atoms. The first-order chi connectivity index (χ1) is 25.0. The molecule has 0 fully saturated rings. The van der Waals surface area contributed by atoms with E-state index in [1.165, 1.54) is 45.5 Å². The van der Waals surface area contributed by atoms with Crippen molar-refractivity contribution in [3.05, 3.63) is 146 Å². The number of urea groups is 1. The summed E-state index contributed by atoms with van der Waals surface area (Å²) >= 11 is 9.54. The molecule has 2 amide bonds. The Morgan fingerprint density at radius 3 is 0.769 bits per heavy atom. The number of hydrogen-bond acceptors (Lipinski definition) is 6. The fourth-order valence-electron chi connectivity index (χ4n) is 3.53. The SMILES string of the molecule is C/C=N/NC(N)=O.CC=O.CO.CO.CO.I.II.I[I-]I.c1ccc2ccccc2c1.c1ccc2ccccc2c1.c1ccc2ccccc2c1. The summed E-state index contributed by atoms with van der Waals surface area (Å²) in [5, 5.41) is 32.2. The second-order valence-electron chi connectivity index (χ2n) is 8.19. The van der Waals surface area contributed by atoms with E-state index in [0.29, 0.717) is 13.3 Å². The molecular weight excluding hydrogens is 1340 g/mol. The van der Waals surface area contributed by atoms with E-state index in [0.717, 1.165) is 27.6 Å². The number of nitrogens with one attached hydrogen (secondary N) is 1. The number of carbonyl (C=O) groups is 2. The Balaban J connectivity index is -0.000000169. The predicted molar refractivity (Wildman–Crippen MR) is 266 cm³/mol. The predicted octanol–water partition coefficient (Wildman–Crippen LogP) is 8.38. The third-order valence-electron chi connectivity index (χ3n) is 5.28. The standard InChI is InChI=1S/3C10H8.C3H7N3O.C2H4O.3CH4O.I3.I2.HI/c3*1-2-6-10-8-4-3-7-9(10)5-1;1-2-5-6-3(4)7;1-2-3;3*1-2;1-3-2;1-2;/h3*1-8H;2H,1H3,(H3,4,6,7);2H,1H3;3*2H,1H3;;;1H/q;;;;;;;;-1;;/b;;;5-2+;;;;;;;. The number of fused-ring (bicyclic) bond motifs is 3. The van der Waals surface area contributed by atoms with Crippen molar-refractivity contribution in [2.75, 3.05) is 21.3 Å². The van der Waals surface area contributed by atoms with Crippen LogP contribution in [0.4, 0.5) is 4.79 Å². The molecule has 0 aliphatic carbocycles. The molecule has 0 saturated heterocycles. The van der Waals surface area contributed by atoms with Gasteiger partial charge in [0.1, 0.15) is 6.29 Å². The number of amides is 2. The Hall–Kier alpha value is -1.03. The van der Waals surface area contributed by atoms with Gasteiger partial charge in [0.05, 0.1) is 0 Å². The fourth-order valence-corrected chi connectivity index (χ4v) is 3.53. The summed E-state index contributed by atoms with van der Waals surface area (Å²) in [5.74, 6) is 0. The molecule has 52 heavy (non-hydrogen) atoms. The maximum atomic E-state index is 9.76. The summed E-state index contributed by atoms with van der Waals surface area (Å²) in [6, 6.07) is 49.5. The van der Waals surface area contributed by atoms with E-state index in [9.17, 15) is 4.79 Å². The van der Waals surface area contributed by atoms with Crippen LogP contribution in [0.15, 0.2) is 151 Å². The summed E-state index contributed by atoms with van der Waals surface area (Å²) < 4.78 is 0. The zero-order chi connectivity index (χ0) is 39.5. The van der Waals surface area contributed by atoms with Crippen LogP contribution in [0.3, 0.4) is 0 Å². The number of carbonyl (C=O) groups excluding carboxylic acids is 2. The van der Waals surface area contributed by atoms with E-state index < -0.39 is 6.03 Å². The first-order valence-electron chi connectivity index (χ1n) is 14.6. The van der Waals surface area contributed by atoms with Crippen LogP contribution in [-0.2, 0) is 4.79 Å². The molecule has 6 N–H and O–H groups in total. The molecule has 6 rings (SSSR count). The Bertz CT molecular complexity index is 1300. The Labute approximate surface area is 379 Å². The molecule has 0 unspecified atom stereocenters. The second-order valence-corrected chi connectivity index (χ2v) is 24.4. The second kappa shape index (κ2) is 50.0. The van der Waals surface area contributed by atoms with Crippen LogP contribution in [-0.4, -0.2) is 55.2 Å². The van der Waals surface area contributed by atoms with Gasteiger partial charge in [-0.05, 0) is 46.2 Å². The van der Waals surface area contributed by atoms with Gasteiger partial charge in [0.25, 0.3) is 0 Å². The number of aliphatic hydroxyl groups is 3. The molecule has 0 radical (unpaired) electrons. The van der Waals surface area contributed by atoms with Gasteiger partial charge in [-0.15, -0.1) is 24.0 Å². The molecule has 0 aromatic heterocycles. The minimum absolute atomic E-state index is 0. The molecule has 0 aliphatic rings. The normalized spacial score (nSPS) is 8.15. The van der Waals surface area contributed by atoms with Crippen molar-refractivity contribution in [2.24, 2.45) is 10.8 Å². The molecule has 288 valence electrons. The van der Waals surface area contributed by atoms with Gasteiger partial charge in [-0.2, -0.15) is 5.10 Å². The Kier molecular flexibility index (Phi) is 57.9. The third-order valence-corrected chi connectivity index (χ3v) is 5.28. The first-order valence-corrected chi connectivity index (χ1v) is 33.5. The number of primary amides is 1. The first kappa shape index (κ1) is 60.2. The average molecular weight is 1390 g/mol. The summed E-state index contributed by atoms with van der Waals surface area (Å²) in [5.41, 5.74) is 6.62. The van der Waals surface area contributed by atoms with Crippen molar-refractivity contribution in [3.63, 3.8) is 0 Å². The van der Waals surface area contributed by atoms with Crippen molar-refractivity contribution in [2.45, 2.75) is 13.8 Å². The molecule has 6 aromatic rings. The molecule has 0 heterocycles. The molecule has 0 atom stereocenters. The maximum absolute atomic E-state index is 9.76. The van der Waals surface area contributed by atoms with Crippen LogP contribution in [0.2, 0.25) is 0 Å². The number of hydrogen-bond donors (Lipinski definition) is 5. The van der Waals surface area contributed by atoms with Gasteiger partial charge in [-0.25, -0.2) is 10.2 Å². The Morgan fingerprint density at radius 1 is 0.558 bits per heavy atom. The van der Waals surface area contributed by atoms with Crippen molar-refractivity contribution < 1.29 is 38.2 Å². The van der Waals surface area contributed by atoms with Gasteiger partial charge in [-0.3, -0.25) is 0 Å². The molecule has 0 bridgehead atoms. The minimum atomic E-state index is -0.641. The summed E-state index contributed by atoms with van der Waals surface area (Å²) in [4.78, 5) is 18.6. The van der Waals surface area contributed by atoms with Crippen molar-refractivity contribution in [1.82, 2.24) is 5.43 Å². The fraction of sp³-hybridized carbons (Fsp3) is 0.132. The van der Waals surface area contributed by atoms with Crippen LogP contribution < -0.4 is 24.4 Å². The topological polar surface area (TPSA) is 145 Å².